The fraction of sp³-hybridized carbons (Fsp3) is 0.919. The van der Waals surface area contributed by atoms with Gasteiger partial charge < -0.3 is 30.3 Å². The highest BCUT2D eigenvalue weighted by Crippen LogP contribution is 2.76. The van der Waals surface area contributed by atoms with Crippen LogP contribution in [0.15, 0.2) is 11.6 Å². The van der Waals surface area contributed by atoms with E-state index in [2.05, 4.69) is 54.5 Å². The molecule has 1 aliphatic heterocycles. The number of aliphatic hydroxyl groups is 4. The van der Waals surface area contributed by atoms with Crippen LogP contribution in [-0.4, -0.2) is 68.6 Å². The Hall–Kier alpha value is -0.990. The number of hydrogen-bond acceptors (Lipinski definition) is 6. The van der Waals surface area contributed by atoms with Crippen LogP contribution in [0.2, 0.25) is 0 Å². The zero-order valence-electron chi connectivity index (χ0n) is 28.3. The third-order valence-electron chi connectivity index (χ3n) is 15.8. The molecule has 5 aliphatic carbocycles. The molecule has 0 amide bonds. The Morgan fingerprint density at radius 3 is 2.16 bits per heavy atom. The van der Waals surface area contributed by atoms with Crippen molar-refractivity contribution in [3.05, 3.63) is 11.6 Å². The largest absolute Gasteiger partial charge is 0.481 e. The molecule has 5 N–H and O–H groups in total. The summed E-state index contributed by atoms with van der Waals surface area (Å²) >= 11 is 0. The third-order valence-corrected chi connectivity index (χ3v) is 15.8. The lowest BCUT2D eigenvalue weighted by atomic mass is 9.33. The molecule has 0 radical (unpaired) electrons. The standard InChI is InChI=1S/C37H60O7/c1-32(2)14-16-37(31(42)43)17-15-35(6)22(23(37)19-32)8-9-27-34(5)12-10-21(33(3,4)26(34)11-13-36(27,35)7)18-24-28(39)30(41)29(40)25(20-38)44-24/h8,21,23-30,38-41H,9-20H2,1-7H3,(H,42,43)/t21-,23?,24-,25?,26?,27?,28+,29+,30?,34-,35+,36+,37-/m0/s1. The van der Waals surface area contributed by atoms with Crippen LogP contribution in [0, 0.1) is 56.2 Å². The molecule has 0 aromatic heterocycles. The summed E-state index contributed by atoms with van der Waals surface area (Å²) in [6.45, 7) is 16.6. The van der Waals surface area contributed by atoms with Gasteiger partial charge in [-0.15, -0.1) is 0 Å². The highest BCUT2D eigenvalue weighted by Gasteiger charge is 2.69. The van der Waals surface area contributed by atoms with E-state index in [1.807, 2.05) is 0 Å². The van der Waals surface area contributed by atoms with Crippen LogP contribution in [0.25, 0.3) is 0 Å². The van der Waals surface area contributed by atoms with Gasteiger partial charge in [-0.05, 0) is 121 Å². The van der Waals surface area contributed by atoms with E-state index in [4.69, 9.17) is 4.74 Å². The zero-order valence-corrected chi connectivity index (χ0v) is 28.3. The second-order valence-electron chi connectivity index (χ2n) is 18.3. The molecule has 0 bridgehead atoms. The average Bonchev–Trinajstić information content (AvgIpc) is 2.94. The molecule has 1 heterocycles. The Labute approximate surface area is 264 Å². The number of ether oxygens (including phenoxy) is 1. The Bertz CT molecular complexity index is 1180. The van der Waals surface area contributed by atoms with Crippen LogP contribution in [0.3, 0.4) is 0 Å². The van der Waals surface area contributed by atoms with E-state index < -0.39 is 48.5 Å². The molecule has 250 valence electrons. The number of aliphatic carboxylic acids is 1. The SMILES string of the molecule is CC1(C)CC[C@]2(C(=O)O)CC[C@]3(C)C(=CCC4[C@@]5(C)CC[C@@H](C[C@@H]6OC(CO)[C@@H](O)C(O)[C@@H]6O)C(C)(C)C5CC[C@]43C)C2C1. The maximum absolute atomic E-state index is 12.9. The summed E-state index contributed by atoms with van der Waals surface area (Å²) < 4.78 is 5.99. The topological polar surface area (TPSA) is 127 Å². The summed E-state index contributed by atoms with van der Waals surface area (Å²) in [4.78, 5) is 12.9. The molecule has 7 heteroatoms. The van der Waals surface area contributed by atoms with Crippen molar-refractivity contribution >= 4 is 5.97 Å². The quantitative estimate of drug-likeness (QED) is 0.256. The van der Waals surface area contributed by atoms with Crippen molar-refractivity contribution in [2.75, 3.05) is 6.61 Å². The van der Waals surface area contributed by atoms with E-state index in [1.54, 1.807) is 0 Å². The Morgan fingerprint density at radius 1 is 0.841 bits per heavy atom. The van der Waals surface area contributed by atoms with Crippen LogP contribution in [-0.2, 0) is 9.53 Å². The number of aliphatic hydroxyl groups excluding tert-OH is 4. The molecule has 5 fully saturated rings. The number of allylic oxidation sites excluding steroid dienone is 2. The van der Waals surface area contributed by atoms with Crippen molar-refractivity contribution in [2.24, 2.45) is 56.2 Å². The number of carbonyl (C=O) groups is 1. The molecule has 1 saturated heterocycles. The van der Waals surface area contributed by atoms with Crippen LogP contribution >= 0.6 is 0 Å². The van der Waals surface area contributed by atoms with E-state index in [1.165, 1.54) is 5.57 Å². The van der Waals surface area contributed by atoms with Gasteiger partial charge in [0.05, 0.1) is 18.1 Å². The second-order valence-corrected chi connectivity index (χ2v) is 18.3. The van der Waals surface area contributed by atoms with Gasteiger partial charge in [0.25, 0.3) is 0 Å². The van der Waals surface area contributed by atoms with Gasteiger partial charge in [-0.3, -0.25) is 4.79 Å². The highest BCUT2D eigenvalue weighted by atomic mass is 16.5. The van der Waals surface area contributed by atoms with E-state index in [0.29, 0.717) is 18.3 Å². The number of rotatable bonds is 4. The summed E-state index contributed by atoms with van der Waals surface area (Å²) in [5.74, 6) is 0.835. The maximum Gasteiger partial charge on any atom is 0.310 e. The molecule has 13 atom stereocenters. The first kappa shape index (κ1) is 32.9. The van der Waals surface area contributed by atoms with Gasteiger partial charge in [-0.2, -0.15) is 0 Å². The minimum Gasteiger partial charge on any atom is -0.481 e. The zero-order chi connectivity index (χ0) is 32.3. The van der Waals surface area contributed by atoms with Gasteiger partial charge in [-0.1, -0.05) is 60.1 Å². The number of carboxylic acid groups (broad SMARTS) is 1. The molecule has 6 rings (SSSR count). The van der Waals surface area contributed by atoms with E-state index >= 15 is 0 Å². The maximum atomic E-state index is 12.9. The van der Waals surface area contributed by atoms with Gasteiger partial charge in [0.2, 0.25) is 0 Å². The van der Waals surface area contributed by atoms with Crippen molar-refractivity contribution in [2.45, 2.75) is 150 Å². The molecule has 6 aliphatic rings. The fourth-order valence-electron chi connectivity index (χ4n) is 12.8. The average molecular weight is 617 g/mol. The van der Waals surface area contributed by atoms with Gasteiger partial charge in [0.15, 0.2) is 0 Å². The summed E-state index contributed by atoms with van der Waals surface area (Å²) in [6, 6.07) is 0. The molecular weight excluding hydrogens is 556 g/mol. The van der Waals surface area contributed by atoms with Crippen LogP contribution < -0.4 is 0 Å². The lowest BCUT2D eigenvalue weighted by Gasteiger charge is -2.71. The third kappa shape index (κ3) is 4.41. The summed E-state index contributed by atoms with van der Waals surface area (Å²) in [5, 5.41) is 52.0. The Balaban J connectivity index is 1.29. The van der Waals surface area contributed by atoms with E-state index in [-0.39, 0.29) is 38.9 Å². The minimum atomic E-state index is -1.33. The molecule has 44 heavy (non-hydrogen) atoms. The fourth-order valence-corrected chi connectivity index (χ4v) is 12.8. The van der Waals surface area contributed by atoms with E-state index in [9.17, 15) is 30.3 Å². The molecule has 0 spiro atoms. The lowest BCUT2D eigenvalue weighted by molar-refractivity contribution is -0.241. The van der Waals surface area contributed by atoms with Gasteiger partial charge in [0, 0.05) is 0 Å². The van der Waals surface area contributed by atoms with Crippen LogP contribution in [0.1, 0.15) is 119 Å². The smallest absolute Gasteiger partial charge is 0.310 e. The van der Waals surface area contributed by atoms with Gasteiger partial charge in [-0.25, -0.2) is 0 Å². The summed E-state index contributed by atoms with van der Waals surface area (Å²) in [5.41, 5.74) is 1.24. The molecule has 4 saturated carbocycles. The Morgan fingerprint density at radius 2 is 1.50 bits per heavy atom. The minimum absolute atomic E-state index is 0.00173. The number of carboxylic acids is 1. The lowest BCUT2D eigenvalue weighted by Crippen LogP contribution is -2.65. The summed E-state index contributed by atoms with van der Waals surface area (Å²) in [6.07, 6.45) is 7.70. The number of hydrogen-bond donors (Lipinski definition) is 5. The van der Waals surface area contributed by atoms with Gasteiger partial charge >= 0.3 is 5.97 Å². The molecule has 5 unspecified atom stereocenters. The highest BCUT2D eigenvalue weighted by molar-refractivity contribution is 5.76. The predicted octanol–water partition coefficient (Wildman–Crippen LogP) is 5.72. The molecule has 7 nitrogen and oxygen atoms in total. The first-order valence-corrected chi connectivity index (χ1v) is 17.6. The molecular formula is C37H60O7. The van der Waals surface area contributed by atoms with Crippen LogP contribution in [0.4, 0.5) is 0 Å². The first-order chi connectivity index (χ1) is 20.4. The first-order valence-electron chi connectivity index (χ1n) is 17.6. The monoisotopic (exact) mass is 616 g/mol. The van der Waals surface area contributed by atoms with Crippen molar-refractivity contribution in [3.8, 4) is 0 Å². The number of fused-ring (bicyclic) bond motifs is 7. The summed E-state index contributed by atoms with van der Waals surface area (Å²) in [7, 11) is 0. The van der Waals surface area contributed by atoms with Crippen molar-refractivity contribution in [1.29, 1.82) is 0 Å². The second kappa shape index (κ2) is 10.5. The molecule has 0 aromatic carbocycles. The van der Waals surface area contributed by atoms with Crippen molar-refractivity contribution in [1.82, 2.24) is 0 Å². The molecule has 0 aromatic rings. The van der Waals surface area contributed by atoms with Crippen molar-refractivity contribution in [3.63, 3.8) is 0 Å². The normalized spacial score (nSPS) is 52.9. The Kier molecular flexibility index (Phi) is 7.86. The van der Waals surface area contributed by atoms with Crippen LogP contribution in [0.5, 0.6) is 0 Å². The predicted molar refractivity (Wildman–Crippen MR) is 169 cm³/mol. The van der Waals surface area contributed by atoms with Crippen molar-refractivity contribution < 1.29 is 35.1 Å². The van der Waals surface area contributed by atoms with E-state index in [0.717, 1.165) is 64.2 Å². The van der Waals surface area contributed by atoms with Gasteiger partial charge in [0.1, 0.15) is 24.4 Å².